The van der Waals surface area contributed by atoms with E-state index in [1.807, 2.05) is 6.07 Å². The van der Waals surface area contributed by atoms with Crippen molar-refractivity contribution in [2.24, 2.45) is 0 Å². The number of fused-ring (bicyclic) bond motifs is 1. The predicted molar refractivity (Wildman–Crippen MR) is 90.6 cm³/mol. The lowest BCUT2D eigenvalue weighted by atomic mass is 10.0. The van der Waals surface area contributed by atoms with Gasteiger partial charge in [0.25, 0.3) is 0 Å². The molecule has 1 aliphatic carbocycles. The average Bonchev–Trinajstić information content (AvgIpc) is 2.97. The van der Waals surface area contributed by atoms with E-state index in [9.17, 15) is 13.2 Å². The van der Waals surface area contributed by atoms with Crippen molar-refractivity contribution in [3.05, 3.63) is 64.2 Å². The van der Waals surface area contributed by atoms with Crippen molar-refractivity contribution in [3.63, 3.8) is 0 Å². The van der Waals surface area contributed by atoms with Crippen LogP contribution in [0.1, 0.15) is 33.9 Å². The Kier molecular flexibility index (Phi) is 4.62. The van der Waals surface area contributed by atoms with E-state index in [2.05, 4.69) is 4.72 Å². The summed E-state index contributed by atoms with van der Waals surface area (Å²) >= 11 is 6.00. The standard InChI is InChI=1S/C17H16ClNO4S/c1-23-17(20)13-6-4-5-12-11(13)9-10-15(12)19-24(21,22)16-8-3-2-7-14(16)18/h2-8,15,19H,9-10H2,1H3/t15-/m1/s1. The molecule has 0 aliphatic heterocycles. The van der Waals surface area contributed by atoms with E-state index in [-0.39, 0.29) is 9.92 Å². The van der Waals surface area contributed by atoms with Gasteiger partial charge in [0.2, 0.25) is 10.0 Å². The number of carbonyl (C=O) groups excluding carboxylic acids is 1. The van der Waals surface area contributed by atoms with Crippen LogP contribution < -0.4 is 4.72 Å². The number of rotatable bonds is 4. The average molecular weight is 366 g/mol. The molecule has 0 saturated heterocycles. The van der Waals surface area contributed by atoms with Gasteiger partial charge in [-0.25, -0.2) is 17.9 Å². The van der Waals surface area contributed by atoms with Gasteiger partial charge in [-0.2, -0.15) is 0 Å². The molecule has 5 nitrogen and oxygen atoms in total. The number of hydrogen-bond donors (Lipinski definition) is 1. The Morgan fingerprint density at radius 2 is 1.96 bits per heavy atom. The largest absolute Gasteiger partial charge is 0.465 e. The first-order valence-corrected chi connectivity index (χ1v) is 9.27. The Bertz CT molecular complexity index is 895. The summed E-state index contributed by atoms with van der Waals surface area (Å²) in [5, 5.41) is 0.173. The number of hydrogen-bond acceptors (Lipinski definition) is 4. The Hall–Kier alpha value is -1.89. The molecule has 0 spiro atoms. The summed E-state index contributed by atoms with van der Waals surface area (Å²) in [4.78, 5) is 11.9. The third-order valence-corrected chi connectivity index (χ3v) is 6.07. The molecule has 0 heterocycles. The summed E-state index contributed by atoms with van der Waals surface area (Å²) in [6.45, 7) is 0. The Morgan fingerprint density at radius 1 is 1.21 bits per heavy atom. The third kappa shape index (κ3) is 3.05. The summed E-state index contributed by atoms with van der Waals surface area (Å²) in [6, 6.07) is 11.1. The summed E-state index contributed by atoms with van der Waals surface area (Å²) in [5.74, 6) is -0.415. The molecular formula is C17H16ClNO4S. The van der Waals surface area contributed by atoms with E-state index in [1.54, 1.807) is 24.3 Å². The van der Waals surface area contributed by atoms with Gasteiger partial charge in [-0.05, 0) is 42.2 Å². The number of nitrogens with one attached hydrogen (secondary N) is 1. The SMILES string of the molecule is COC(=O)c1cccc2c1CC[C@H]2NS(=O)(=O)c1ccccc1Cl. The second kappa shape index (κ2) is 6.55. The van der Waals surface area contributed by atoms with Crippen LogP contribution in [0.5, 0.6) is 0 Å². The molecule has 1 aliphatic rings. The van der Waals surface area contributed by atoms with Gasteiger partial charge in [-0.1, -0.05) is 35.9 Å². The minimum Gasteiger partial charge on any atom is -0.465 e. The molecule has 0 amide bonds. The van der Waals surface area contributed by atoms with Crippen LogP contribution in [-0.4, -0.2) is 21.5 Å². The molecule has 0 saturated carbocycles. The van der Waals surface area contributed by atoms with E-state index in [0.717, 1.165) is 11.1 Å². The molecule has 0 radical (unpaired) electrons. The predicted octanol–water partition coefficient (Wildman–Crippen LogP) is 3.09. The highest BCUT2D eigenvalue weighted by Gasteiger charge is 2.31. The van der Waals surface area contributed by atoms with E-state index in [1.165, 1.54) is 19.2 Å². The van der Waals surface area contributed by atoms with E-state index >= 15 is 0 Å². The van der Waals surface area contributed by atoms with Gasteiger partial charge in [0.1, 0.15) is 4.90 Å². The van der Waals surface area contributed by atoms with Crippen LogP contribution in [0.15, 0.2) is 47.4 Å². The summed E-state index contributed by atoms with van der Waals surface area (Å²) in [5.41, 5.74) is 2.11. The second-order valence-corrected chi connectivity index (χ2v) is 7.60. The first-order valence-electron chi connectivity index (χ1n) is 7.41. The fourth-order valence-corrected chi connectivity index (χ4v) is 4.76. The van der Waals surface area contributed by atoms with Gasteiger partial charge in [-0.15, -0.1) is 0 Å². The third-order valence-electron chi connectivity index (χ3n) is 4.10. The molecule has 3 rings (SSSR count). The normalized spacial score (nSPS) is 16.7. The number of sulfonamides is 1. The lowest BCUT2D eigenvalue weighted by Crippen LogP contribution is -2.27. The molecular weight excluding hydrogens is 350 g/mol. The van der Waals surface area contributed by atoms with E-state index in [4.69, 9.17) is 16.3 Å². The van der Waals surface area contributed by atoms with Crippen molar-refractivity contribution >= 4 is 27.6 Å². The van der Waals surface area contributed by atoms with Crippen LogP contribution >= 0.6 is 11.6 Å². The number of benzene rings is 2. The van der Waals surface area contributed by atoms with Crippen LogP contribution in [0.4, 0.5) is 0 Å². The molecule has 2 aromatic rings. The lowest BCUT2D eigenvalue weighted by Gasteiger charge is -2.15. The summed E-state index contributed by atoms with van der Waals surface area (Å²) in [7, 11) is -2.43. The smallest absolute Gasteiger partial charge is 0.338 e. The Morgan fingerprint density at radius 3 is 2.67 bits per heavy atom. The molecule has 2 aromatic carbocycles. The maximum atomic E-state index is 12.6. The zero-order valence-electron chi connectivity index (χ0n) is 13.0. The van der Waals surface area contributed by atoms with Crippen LogP contribution in [0, 0.1) is 0 Å². The Balaban J connectivity index is 1.93. The second-order valence-electron chi connectivity index (χ2n) is 5.51. The van der Waals surface area contributed by atoms with Crippen molar-refractivity contribution < 1.29 is 17.9 Å². The molecule has 0 unspecified atom stereocenters. The quantitative estimate of drug-likeness (QED) is 0.845. The maximum Gasteiger partial charge on any atom is 0.338 e. The van der Waals surface area contributed by atoms with Crippen molar-refractivity contribution in [1.82, 2.24) is 4.72 Å². The van der Waals surface area contributed by atoms with Gasteiger partial charge < -0.3 is 4.74 Å². The molecule has 1 N–H and O–H groups in total. The van der Waals surface area contributed by atoms with Crippen LogP contribution in [-0.2, 0) is 21.2 Å². The van der Waals surface area contributed by atoms with Crippen LogP contribution in [0.3, 0.4) is 0 Å². The van der Waals surface area contributed by atoms with Crippen molar-refractivity contribution in [3.8, 4) is 0 Å². The first kappa shape index (κ1) is 17.0. The zero-order valence-corrected chi connectivity index (χ0v) is 14.5. The van der Waals surface area contributed by atoms with Gasteiger partial charge in [-0.3, -0.25) is 0 Å². The monoisotopic (exact) mass is 365 g/mol. The minimum absolute atomic E-state index is 0.0456. The highest BCUT2D eigenvalue weighted by molar-refractivity contribution is 7.89. The fourth-order valence-electron chi connectivity index (χ4n) is 2.99. The molecule has 1 atom stereocenters. The van der Waals surface area contributed by atoms with Gasteiger partial charge in [0.15, 0.2) is 0 Å². The van der Waals surface area contributed by atoms with Crippen LogP contribution in [0.2, 0.25) is 5.02 Å². The summed E-state index contributed by atoms with van der Waals surface area (Å²) in [6.07, 6.45) is 1.18. The number of halogens is 1. The highest BCUT2D eigenvalue weighted by atomic mass is 35.5. The molecule has 0 fully saturated rings. The molecule has 7 heteroatoms. The molecule has 24 heavy (non-hydrogen) atoms. The number of methoxy groups -OCH3 is 1. The van der Waals surface area contributed by atoms with Crippen molar-refractivity contribution in [1.29, 1.82) is 0 Å². The number of carbonyl (C=O) groups is 1. The molecule has 0 bridgehead atoms. The topological polar surface area (TPSA) is 72.5 Å². The molecule has 126 valence electrons. The Labute approximate surface area is 145 Å². The van der Waals surface area contributed by atoms with E-state index < -0.39 is 22.0 Å². The van der Waals surface area contributed by atoms with Gasteiger partial charge >= 0.3 is 5.97 Å². The molecule has 0 aromatic heterocycles. The number of ether oxygens (including phenoxy) is 1. The number of esters is 1. The minimum atomic E-state index is -3.75. The van der Waals surface area contributed by atoms with Gasteiger partial charge in [0, 0.05) is 6.04 Å². The van der Waals surface area contributed by atoms with Crippen LogP contribution in [0.25, 0.3) is 0 Å². The first-order chi connectivity index (χ1) is 11.4. The van der Waals surface area contributed by atoms with Crippen molar-refractivity contribution in [2.75, 3.05) is 7.11 Å². The highest BCUT2D eigenvalue weighted by Crippen LogP contribution is 2.35. The fraction of sp³-hybridized carbons (Fsp3) is 0.235. The maximum absolute atomic E-state index is 12.6. The lowest BCUT2D eigenvalue weighted by molar-refractivity contribution is 0.0599. The van der Waals surface area contributed by atoms with Crippen molar-refractivity contribution in [2.45, 2.75) is 23.8 Å². The zero-order chi connectivity index (χ0) is 17.3. The van der Waals surface area contributed by atoms with Gasteiger partial charge in [0.05, 0.1) is 17.7 Å². The van der Waals surface area contributed by atoms with E-state index in [0.29, 0.717) is 18.4 Å². The summed E-state index contributed by atoms with van der Waals surface area (Å²) < 4.78 is 32.7.